The standard InChI is InChI=1S/C21H20F4N4O2S/c1-3-29-19(13(2)31-17-9-7-15(22)8-10-17)27-28-20(29)32-12-18(30)26-16-6-4-5-14(11-16)21(23,24)25/h4-11,13H,3,12H2,1-2H3,(H,26,30). The number of hydrogen-bond acceptors (Lipinski definition) is 5. The van der Waals surface area contributed by atoms with Gasteiger partial charge in [0, 0.05) is 12.2 Å². The first kappa shape index (κ1) is 23.6. The largest absolute Gasteiger partial charge is 0.483 e. The van der Waals surface area contributed by atoms with Gasteiger partial charge < -0.3 is 14.6 Å². The van der Waals surface area contributed by atoms with Crippen LogP contribution in [0.2, 0.25) is 0 Å². The van der Waals surface area contributed by atoms with Gasteiger partial charge in [-0.15, -0.1) is 10.2 Å². The maximum absolute atomic E-state index is 13.1. The van der Waals surface area contributed by atoms with Crippen LogP contribution in [0, 0.1) is 5.82 Å². The number of anilines is 1. The van der Waals surface area contributed by atoms with Crippen molar-refractivity contribution in [2.45, 2.75) is 37.8 Å². The van der Waals surface area contributed by atoms with Crippen LogP contribution in [0.4, 0.5) is 23.2 Å². The highest BCUT2D eigenvalue weighted by Crippen LogP contribution is 2.31. The fraction of sp³-hybridized carbons (Fsp3) is 0.286. The fourth-order valence-electron chi connectivity index (χ4n) is 2.88. The SMILES string of the molecule is CCn1c(SCC(=O)Nc2cccc(C(F)(F)F)c2)nnc1C(C)Oc1ccc(F)cc1. The van der Waals surface area contributed by atoms with Gasteiger partial charge in [-0.1, -0.05) is 17.8 Å². The van der Waals surface area contributed by atoms with E-state index in [-0.39, 0.29) is 17.3 Å². The molecule has 1 heterocycles. The Morgan fingerprint density at radius 2 is 1.91 bits per heavy atom. The number of thioether (sulfide) groups is 1. The quantitative estimate of drug-likeness (QED) is 0.358. The van der Waals surface area contributed by atoms with Gasteiger partial charge in [0.25, 0.3) is 0 Å². The summed E-state index contributed by atoms with van der Waals surface area (Å²) in [6, 6.07) is 10.0. The van der Waals surface area contributed by atoms with E-state index in [0.29, 0.717) is 23.3 Å². The van der Waals surface area contributed by atoms with Crippen LogP contribution in [-0.2, 0) is 17.5 Å². The number of hydrogen-bond donors (Lipinski definition) is 1. The third-order valence-corrected chi connectivity index (χ3v) is 5.32. The Morgan fingerprint density at radius 1 is 1.19 bits per heavy atom. The van der Waals surface area contributed by atoms with Crippen LogP contribution in [0.15, 0.2) is 53.7 Å². The Morgan fingerprint density at radius 3 is 2.56 bits per heavy atom. The summed E-state index contributed by atoms with van der Waals surface area (Å²) in [5, 5.41) is 11.2. The summed E-state index contributed by atoms with van der Waals surface area (Å²) in [4.78, 5) is 12.2. The van der Waals surface area contributed by atoms with Crippen molar-refractivity contribution in [3.05, 3.63) is 65.7 Å². The Hall–Kier alpha value is -3.08. The van der Waals surface area contributed by atoms with Crippen molar-refractivity contribution >= 4 is 23.4 Å². The summed E-state index contributed by atoms with van der Waals surface area (Å²) in [7, 11) is 0. The van der Waals surface area contributed by atoms with Crippen LogP contribution in [0.3, 0.4) is 0 Å². The molecule has 1 aromatic heterocycles. The van der Waals surface area contributed by atoms with E-state index < -0.39 is 23.8 Å². The lowest BCUT2D eigenvalue weighted by Gasteiger charge is -2.15. The molecule has 1 amide bonds. The van der Waals surface area contributed by atoms with Gasteiger partial charge in [-0.05, 0) is 56.3 Å². The molecule has 0 fully saturated rings. The van der Waals surface area contributed by atoms with Gasteiger partial charge in [0.15, 0.2) is 17.1 Å². The van der Waals surface area contributed by atoms with Crippen molar-refractivity contribution in [2.75, 3.05) is 11.1 Å². The second-order valence-electron chi connectivity index (χ2n) is 6.71. The van der Waals surface area contributed by atoms with E-state index in [2.05, 4.69) is 15.5 Å². The lowest BCUT2D eigenvalue weighted by Crippen LogP contribution is -2.16. The van der Waals surface area contributed by atoms with Gasteiger partial charge in [-0.2, -0.15) is 13.2 Å². The number of halogens is 4. The van der Waals surface area contributed by atoms with Crippen LogP contribution in [-0.4, -0.2) is 26.4 Å². The fourth-order valence-corrected chi connectivity index (χ4v) is 3.68. The first-order valence-corrected chi connectivity index (χ1v) is 10.6. The summed E-state index contributed by atoms with van der Waals surface area (Å²) in [6.45, 7) is 4.16. The van der Waals surface area contributed by atoms with Crippen molar-refractivity contribution in [1.29, 1.82) is 0 Å². The van der Waals surface area contributed by atoms with E-state index >= 15 is 0 Å². The van der Waals surface area contributed by atoms with E-state index in [1.165, 1.54) is 36.4 Å². The minimum absolute atomic E-state index is 0.0596. The minimum atomic E-state index is -4.49. The van der Waals surface area contributed by atoms with Gasteiger partial charge in [0.05, 0.1) is 11.3 Å². The van der Waals surface area contributed by atoms with Crippen molar-refractivity contribution in [3.8, 4) is 5.75 Å². The summed E-state index contributed by atoms with van der Waals surface area (Å²) in [5.74, 6) is 0.0829. The molecule has 32 heavy (non-hydrogen) atoms. The molecule has 0 radical (unpaired) electrons. The Kier molecular flexibility index (Phi) is 7.39. The van der Waals surface area contributed by atoms with Crippen LogP contribution in [0.1, 0.15) is 31.3 Å². The molecule has 11 heteroatoms. The van der Waals surface area contributed by atoms with Gasteiger partial charge in [-0.3, -0.25) is 4.79 Å². The molecule has 2 aromatic carbocycles. The molecule has 0 saturated carbocycles. The zero-order valence-corrected chi connectivity index (χ0v) is 18.0. The minimum Gasteiger partial charge on any atom is -0.483 e. The summed E-state index contributed by atoms with van der Waals surface area (Å²) < 4.78 is 59.1. The van der Waals surface area contributed by atoms with Gasteiger partial charge in [0.2, 0.25) is 5.91 Å². The molecule has 1 N–H and O–H groups in total. The topological polar surface area (TPSA) is 69.0 Å². The molecule has 0 bridgehead atoms. The molecular weight excluding hydrogens is 448 g/mol. The summed E-state index contributed by atoms with van der Waals surface area (Å²) >= 11 is 1.11. The third kappa shape index (κ3) is 6.00. The second kappa shape index (κ2) is 10.0. The van der Waals surface area contributed by atoms with E-state index in [0.717, 1.165) is 23.9 Å². The average molecular weight is 468 g/mol. The highest BCUT2D eigenvalue weighted by Gasteiger charge is 2.30. The number of carbonyl (C=O) groups excluding carboxylic acids is 1. The van der Waals surface area contributed by atoms with Crippen molar-refractivity contribution in [3.63, 3.8) is 0 Å². The van der Waals surface area contributed by atoms with Gasteiger partial charge in [-0.25, -0.2) is 4.39 Å². The average Bonchev–Trinajstić information content (AvgIpc) is 3.16. The Labute approximate surface area is 186 Å². The highest BCUT2D eigenvalue weighted by molar-refractivity contribution is 7.99. The van der Waals surface area contributed by atoms with Crippen LogP contribution in [0.25, 0.3) is 0 Å². The first-order valence-electron chi connectivity index (χ1n) is 9.62. The summed E-state index contributed by atoms with van der Waals surface area (Å²) in [5.41, 5.74) is -0.780. The molecule has 0 spiro atoms. The number of carbonyl (C=O) groups is 1. The van der Waals surface area contributed by atoms with Gasteiger partial charge in [0.1, 0.15) is 11.6 Å². The molecule has 0 aliphatic heterocycles. The number of rotatable bonds is 8. The Bertz CT molecular complexity index is 1070. The number of amides is 1. The van der Waals surface area contributed by atoms with Crippen molar-refractivity contribution in [2.24, 2.45) is 0 Å². The molecule has 0 aliphatic carbocycles. The monoisotopic (exact) mass is 468 g/mol. The zero-order chi connectivity index (χ0) is 23.3. The van der Waals surface area contributed by atoms with Crippen LogP contribution < -0.4 is 10.1 Å². The van der Waals surface area contributed by atoms with E-state index in [9.17, 15) is 22.4 Å². The number of aromatic nitrogens is 3. The predicted molar refractivity (Wildman–Crippen MR) is 112 cm³/mol. The normalized spacial score (nSPS) is 12.4. The van der Waals surface area contributed by atoms with Gasteiger partial charge >= 0.3 is 6.18 Å². The predicted octanol–water partition coefficient (Wildman–Crippen LogP) is 5.33. The maximum atomic E-state index is 13.1. The molecule has 1 unspecified atom stereocenters. The highest BCUT2D eigenvalue weighted by atomic mass is 32.2. The Balaban J connectivity index is 1.62. The summed E-state index contributed by atoms with van der Waals surface area (Å²) in [6.07, 6.45) is -4.97. The molecule has 0 aliphatic rings. The lowest BCUT2D eigenvalue weighted by molar-refractivity contribution is -0.137. The molecule has 170 valence electrons. The van der Waals surface area contributed by atoms with E-state index in [1.54, 1.807) is 11.5 Å². The zero-order valence-electron chi connectivity index (χ0n) is 17.2. The number of nitrogens with zero attached hydrogens (tertiary/aromatic N) is 3. The lowest BCUT2D eigenvalue weighted by atomic mass is 10.2. The second-order valence-corrected chi connectivity index (χ2v) is 7.66. The molecular formula is C21H20F4N4O2S. The number of benzene rings is 2. The number of alkyl halides is 3. The maximum Gasteiger partial charge on any atom is 0.416 e. The first-order chi connectivity index (χ1) is 15.2. The third-order valence-electron chi connectivity index (χ3n) is 4.36. The van der Waals surface area contributed by atoms with E-state index in [1.807, 2.05) is 6.92 Å². The molecule has 3 rings (SSSR count). The number of ether oxygens (including phenoxy) is 1. The van der Waals surface area contributed by atoms with Crippen LogP contribution >= 0.6 is 11.8 Å². The molecule has 6 nitrogen and oxygen atoms in total. The van der Waals surface area contributed by atoms with Crippen molar-refractivity contribution in [1.82, 2.24) is 14.8 Å². The molecule has 3 aromatic rings. The molecule has 0 saturated heterocycles. The number of nitrogens with one attached hydrogen (secondary N) is 1. The van der Waals surface area contributed by atoms with Crippen LogP contribution in [0.5, 0.6) is 5.75 Å². The van der Waals surface area contributed by atoms with Crippen molar-refractivity contribution < 1.29 is 27.1 Å². The smallest absolute Gasteiger partial charge is 0.416 e. The molecule has 1 atom stereocenters. The van der Waals surface area contributed by atoms with E-state index in [4.69, 9.17) is 4.74 Å².